The van der Waals surface area contributed by atoms with Crippen molar-refractivity contribution < 1.29 is 19.4 Å². The van der Waals surface area contributed by atoms with Gasteiger partial charge in [-0.2, -0.15) is 0 Å². The highest BCUT2D eigenvalue weighted by atomic mass is 16.5. The van der Waals surface area contributed by atoms with Crippen LogP contribution in [-0.4, -0.2) is 30.2 Å². The molecule has 1 rings (SSSR count). The van der Waals surface area contributed by atoms with Gasteiger partial charge in [-0.1, -0.05) is 30.3 Å². The van der Waals surface area contributed by atoms with Crippen LogP contribution in [-0.2, 0) is 20.7 Å². The largest absolute Gasteiger partial charge is 0.478 e. The summed E-state index contributed by atoms with van der Waals surface area (Å²) in [6, 6.07) is 9.90. The molecule has 0 fully saturated rings. The standard InChI is InChI=1S/C17H21NO4/c1-3-22-16(19)10-9-15(17(20)21)13(2)18-12-11-14-7-5-4-6-8-14/h4-10,18H,3,11-12H2,1-2H3,(H,20,21). The second-order valence-electron chi connectivity index (χ2n) is 4.59. The van der Waals surface area contributed by atoms with Gasteiger partial charge in [0.05, 0.1) is 12.2 Å². The number of benzene rings is 1. The van der Waals surface area contributed by atoms with Gasteiger partial charge in [0.2, 0.25) is 0 Å². The Balaban J connectivity index is 2.64. The van der Waals surface area contributed by atoms with Crippen LogP contribution in [0.15, 0.2) is 53.8 Å². The second kappa shape index (κ2) is 9.39. The van der Waals surface area contributed by atoms with Gasteiger partial charge in [-0.25, -0.2) is 9.59 Å². The molecule has 0 radical (unpaired) electrons. The number of esters is 1. The number of nitrogens with one attached hydrogen (secondary N) is 1. The Kier molecular flexibility index (Phi) is 7.47. The number of aliphatic carboxylic acids is 1. The summed E-state index contributed by atoms with van der Waals surface area (Å²) >= 11 is 0. The molecule has 0 aliphatic heterocycles. The van der Waals surface area contributed by atoms with Crippen LogP contribution in [0, 0.1) is 0 Å². The number of carboxylic acid groups (broad SMARTS) is 1. The van der Waals surface area contributed by atoms with Crippen molar-refractivity contribution in [1.82, 2.24) is 5.32 Å². The van der Waals surface area contributed by atoms with Crippen LogP contribution in [0.25, 0.3) is 0 Å². The quantitative estimate of drug-likeness (QED) is 0.438. The summed E-state index contributed by atoms with van der Waals surface area (Å²) in [6.45, 7) is 4.23. The number of hydrogen-bond donors (Lipinski definition) is 2. The molecule has 2 N–H and O–H groups in total. The van der Waals surface area contributed by atoms with Crippen LogP contribution < -0.4 is 5.32 Å². The third-order valence-electron chi connectivity index (χ3n) is 2.95. The highest BCUT2D eigenvalue weighted by Gasteiger charge is 2.09. The minimum absolute atomic E-state index is 0.0427. The van der Waals surface area contributed by atoms with Crippen molar-refractivity contribution in [3.63, 3.8) is 0 Å². The first kappa shape index (κ1) is 17.5. The highest BCUT2D eigenvalue weighted by molar-refractivity contribution is 5.93. The Morgan fingerprint density at radius 3 is 2.50 bits per heavy atom. The van der Waals surface area contributed by atoms with Crippen molar-refractivity contribution in [2.75, 3.05) is 13.2 Å². The molecule has 0 saturated carbocycles. The first-order valence-corrected chi connectivity index (χ1v) is 7.11. The number of ether oxygens (including phenoxy) is 1. The van der Waals surface area contributed by atoms with Crippen molar-refractivity contribution in [3.05, 3.63) is 59.3 Å². The molecule has 0 spiro atoms. The summed E-state index contributed by atoms with van der Waals surface area (Å²) in [7, 11) is 0. The van der Waals surface area contributed by atoms with Gasteiger partial charge in [-0.05, 0) is 31.9 Å². The van der Waals surface area contributed by atoms with Gasteiger partial charge in [-0.3, -0.25) is 0 Å². The molecule has 0 bridgehead atoms. The lowest BCUT2D eigenvalue weighted by atomic mass is 10.1. The Hall–Kier alpha value is -2.56. The molecule has 5 heteroatoms. The van der Waals surface area contributed by atoms with Gasteiger partial charge < -0.3 is 15.2 Å². The van der Waals surface area contributed by atoms with Crippen LogP contribution in [0.3, 0.4) is 0 Å². The fourth-order valence-corrected chi connectivity index (χ4v) is 1.83. The summed E-state index contributed by atoms with van der Waals surface area (Å²) in [5.41, 5.74) is 1.71. The molecule has 0 unspecified atom stereocenters. The molecule has 0 heterocycles. The minimum Gasteiger partial charge on any atom is -0.478 e. The summed E-state index contributed by atoms with van der Waals surface area (Å²) in [6.07, 6.45) is 3.16. The van der Waals surface area contributed by atoms with Gasteiger partial charge in [-0.15, -0.1) is 0 Å². The minimum atomic E-state index is -1.09. The smallest absolute Gasteiger partial charge is 0.337 e. The van der Waals surface area contributed by atoms with Crippen LogP contribution in [0.2, 0.25) is 0 Å². The number of hydrogen-bond acceptors (Lipinski definition) is 4. The van der Waals surface area contributed by atoms with Crippen LogP contribution >= 0.6 is 0 Å². The average molecular weight is 303 g/mol. The van der Waals surface area contributed by atoms with E-state index in [1.807, 2.05) is 30.3 Å². The van der Waals surface area contributed by atoms with Crippen molar-refractivity contribution in [3.8, 4) is 0 Å². The van der Waals surface area contributed by atoms with E-state index in [1.54, 1.807) is 13.8 Å². The number of allylic oxidation sites excluding steroid dienone is 1. The number of carbonyl (C=O) groups is 2. The van der Waals surface area contributed by atoms with E-state index in [2.05, 4.69) is 5.32 Å². The monoisotopic (exact) mass is 303 g/mol. The van der Waals surface area contributed by atoms with Gasteiger partial charge >= 0.3 is 11.9 Å². The molecule has 0 saturated heterocycles. The fourth-order valence-electron chi connectivity index (χ4n) is 1.83. The van der Waals surface area contributed by atoms with E-state index < -0.39 is 11.9 Å². The summed E-state index contributed by atoms with van der Waals surface area (Å²) in [4.78, 5) is 22.5. The molecule has 1 aromatic carbocycles. The maximum Gasteiger partial charge on any atom is 0.337 e. The van der Waals surface area contributed by atoms with Crippen molar-refractivity contribution in [2.24, 2.45) is 0 Å². The SMILES string of the molecule is CCOC(=O)C=CC(C(=O)O)=C(C)NCCc1ccccc1. The number of rotatable bonds is 8. The zero-order valence-corrected chi connectivity index (χ0v) is 12.8. The summed E-state index contributed by atoms with van der Waals surface area (Å²) in [5.74, 6) is -1.65. The zero-order chi connectivity index (χ0) is 16.4. The van der Waals surface area contributed by atoms with Gasteiger partial charge in [0.15, 0.2) is 0 Å². The topological polar surface area (TPSA) is 75.6 Å². The van der Waals surface area contributed by atoms with Crippen LogP contribution in [0.5, 0.6) is 0 Å². The maximum atomic E-state index is 11.2. The van der Waals surface area contributed by atoms with Gasteiger partial charge in [0, 0.05) is 18.3 Å². The van der Waals surface area contributed by atoms with E-state index in [4.69, 9.17) is 4.74 Å². The van der Waals surface area contributed by atoms with E-state index in [9.17, 15) is 14.7 Å². The lowest BCUT2D eigenvalue weighted by molar-refractivity contribution is -0.137. The Bertz CT molecular complexity index is 561. The molecule has 0 atom stereocenters. The number of carboxylic acids is 1. The molecule has 5 nitrogen and oxygen atoms in total. The third kappa shape index (κ3) is 6.26. The first-order chi connectivity index (χ1) is 10.5. The number of carbonyl (C=O) groups excluding carboxylic acids is 1. The second-order valence-corrected chi connectivity index (χ2v) is 4.59. The molecule has 0 aliphatic rings. The summed E-state index contributed by atoms with van der Waals surface area (Å²) in [5, 5.41) is 12.3. The van der Waals surface area contributed by atoms with E-state index in [0.717, 1.165) is 12.5 Å². The van der Waals surface area contributed by atoms with Crippen LogP contribution in [0.4, 0.5) is 0 Å². The molecular formula is C17H21NO4. The molecule has 0 aliphatic carbocycles. The Morgan fingerprint density at radius 2 is 1.91 bits per heavy atom. The molecule has 118 valence electrons. The van der Waals surface area contributed by atoms with E-state index in [1.165, 1.54) is 11.6 Å². The first-order valence-electron chi connectivity index (χ1n) is 7.11. The van der Waals surface area contributed by atoms with Crippen molar-refractivity contribution in [2.45, 2.75) is 20.3 Å². The molecule has 0 amide bonds. The lowest BCUT2D eigenvalue weighted by Crippen LogP contribution is -2.18. The third-order valence-corrected chi connectivity index (χ3v) is 2.95. The Labute approximate surface area is 130 Å². The molecule has 22 heavy (non-hydrogen) atoms. The zero-order valence-electron chi connectivity index (χ0n) is 12.8. The molecular weight excluding hydrogens is 282 g/mol. The van der Waals surface area contributed by atoms with E-state index in [0.29, 0.717) is 12.2 Å². The Morgan fingerprint density at radius 1 is 1.23 bits per heavy atom. The van der Waals surface area contributed by atoms with Crippen LogP contribution in [0.1, 0.15) is 19.4 Å². The van der Waals surface area contributed by atoms with Crippen molar-refractivity contribution >= 4 is 11.9 Å². The normalized spacial score (nSPS) is 11.9. The van der Waals surface area contributed by atoms with Gasteiger partial charge in [0.1, 0.15) is 0 Å². The maximum absolute atomic E-state index is 11.2. The van der Waals surface area contributed by atoms with Gasteiger partial charge in [0.25, 0.3) is 0 Å². The average Bonchev–Trinajstić information content (AvgIpc) is 2.48. The fraction of sp³-hybridized carbons (Fsp3) is 0.294. The summed E-state index contributed by atoms with van der Waals surface area (Å²) < 4.78 is 4.73. The predicted molar refractivity (Wildman–Crippen MR) is 84.3 cm³/mol. The van der Waals surface area contributed by atoms with E-state index >= 15 is 0 Å². The molecule has 0 aromatic heterocycles. The highest BCUT2D eigenvalue weighted by Crippen LogP contribution is 2.05. The van der Waals surface area contributed by atoms with Crippen molar-refractivity contribution in [1.29, 1.82) is 0 Å². The lowest BCUT2D eigenvalue weighted by Gasteiger charge is -2.09. The predicted octanol–water partition coefficient (Wildman–Crippen LogP) is 2.30. The molecule has 1 aromatic rings. The van der Waals surface area contributed by atoms with E-state index in [-0.39, 0.29) is 12.2 Å².